The molecular formula is C9H16N6O. The molecule has 0 unspecified atom stereocenters. The molecule has 1 aromatic heterocycles. The highest BCUT2D eigenvalue weighted by Crippen LogP contribution is 1.94. The topological polar surface area (TPSA) is 75.1 Å². The molecule has 1 aromatic rings. The van der Waals surface area contributed by atoms with Crippen LogP contribution in [0.2, 0.25) is 0 Å². The molecule has 0 bridgehead atoms. The molecule has 2 amide bonds. The fraction of sp³-hybridized carbons (Fsp3) is 0.667. The van der Waals surface area contributed by atoms with Gasteiger partial charge in [0.25, 0.3) is 0 Å². The summed E-state index contributed by atoms with van der Waals surface area (Å²) < 4.78 is 1.77. The van der Waals surface area contributed by atoms with E-state index in [0.29, 0.717) is 0 Å². The molecule has 2 N–H and O–H groups in total. The number of carbonyl (C=O) groups is 1. The standard InChI is InChI=1S/C9H16N6O/c16-9-11-3-6-14(9)5-1-10-2-7-15-8-4-12-13-15/h4,8,10H,1-3,5-7H2,(H,11,16). The normalized spacial score (nSPS) is 15.5. The first-order valence-electron chi connectivity index (χ1n) is 5.44. The summed E-state index contributed by atoms with van der Waals surface area (Å²) in [6.07, 6.45) is 3.49. The third kappa shape index (κ3) is 2.93. The molecule has 7 nitrogen and oxygen atoms in total. The summed E-state index contributed by atoms with van der Waals surface area (Å²) in [6, 6.07) is 0.0399. The van der Waals surface area contributed by atoms with Crippen LogP contribution >= 0.6 is 0 Å². The molecule has 1 fully saturated rings. The van der Waals surface area contributed by atoms with Gasteiger partial charge in [0, 0.05) is 38.9 Å². The van der Waals surface area contributed by atoms with Gasteiger partial charge in [-0.3, -0.25) is 4.68 Å². The molecule has 88 valence electrons. The number of nitrogens with zero attached hydrogens (tertiary/aromatic N) is 4. The number of hydrogen-bond donors (Lipinski definition) is 2. The van der Waals surface area contributed by atoms with Crippen molar-refractivity contribution in [3.8, 4) is 0 Å². The molecule has 0 saturated carbocycles. The zero-order valence-electron chi connectivity index (χ0n) is 9.09. The van der Waals surface area contributed by atoms with Gasteiger partial charge in [0.1, 0.15) is 0 Å². The summed E-state index contributed by atoms with van der Waals surface area (Å²) >= 11 is 0. The fourth-order valence-corrected chi connectivity index (χ4v) is 1.61. The van der Waals surface area contributed by atoms with Crippen LogP contribution in [0.5, 0.6) is 0 Å². The lowest BCUT2D eigenvalue weighted by molar-refractivity contribution is 0.217. The van der Waals surface area contributed by atoms with Crippen LogP contribution in [0.3, 0.4) is 0 Å². The smallest absolute Gasteiger partial charge is 0.317 e. The second kappa shape index (κ2) is 5.45. The summed E-state index contributed by atoms with van der Waals surface area (Å²) in [5, 5.41) is 13.6. The van der Waals surface area contributed by atoms with Crippen molar-refractivity contribution in [1.29, 1.82) is 0 Å². The van der Waals surface area contributed by atoms with E-state index in [1.165, 1.54) is 0 Å². The fourth-order valence-electron chi connectivity index (χ4n) is 1.61. The molecule has 0 radical (unpaired) electrons. The molecular weight excluding hydrogens is 208 g/mol. The summed E-state index contributed by atoms with van der Waals surface area (Å²) in [7, 11) is 0. The Balaban J connectivity index is 1.53. The van der Waals surface area contributed by atoms with Crippen molar-refractivity contribution in [2.75, 3.05) is 32.7 Å². The molecule has 0 aliphatic carbocycles. The number of carbonyl (C=O) groups excluding carboxylic acids is 1. The molecule has 16 heavy (non-hydrogen) atoms. The Bertz CT molecular complexity index is 325. The second-order valence-corrected chi connectivity index (χ2v) is 3.64. The molecule has 1 aliphatic heterocycles. The highest BCUT2D eigenvalue weighted by molar-refractivity contribution is 5.76. The maximum atomic E-state index is 11.2. The molecule has 1 aliphatic rings. The molecule has 7 heteroatoms. The molecule has 2 rings (SSSR count). The number of amides is 2. The molecule has 0 aromatic carbocycles. The van der Waals surface area contributed by atoms with E-state index in [-0.39, 0.29) is 6.03 Å². The van der Waals surface area contributed by atoms with E-state index in [9.17, 15) is 4.79 Å². The van der Waals surface area contributed by atoms with E-state index < -0.39 is 0 Å². The quantitative estimate of drug-likeness (QED) is 0.601. The van der Waals surface area contributed by atoms with Gasteiger partial charge < -0.3 is 15.5 Å². The number of aromatic nitrogens is 3. The minimum absolute atomic E-state index is 0.0399. The number of rotatable bonds is 6. The first-order valence-corrected chi connectivity index (χ1v) is 5.44. The average molecular weight is 224 g/mol. The maximum absolute atomic E-state index is 11.2. The van der Waals surface area contributed by atoms with E-state index in [1.807, 2.05) is 11.1 Å². The summed E-state index contributed by atoms with van der Waals surface area (Å²) in [4.78, 5) is 13.0. The first-order chi connectivity index (χ1) is 7.86. The first kappa shape index (κ1) is 10.9. The lowest BCUT2D eigenvalue weighted by Crippen LogP contribution is -2.35. The van der Waals surface area contributed by atoms with Gasteiger partial charge in [-0.25, -0.2) is 4.79 Å². The predicted molar refractivity (Wildman–Crippen MR) is 57.9 cm³/mol. The Morgan fingerprint density at radius 1 is 1.44 bits per heavy atom. The van der Waals surface area contributed by atoms with Crippen molar-refractivity contribution in [2.45, 2.75) is 6.54 Å². The maximum Gasteiger partial charge on any atom is 0.317 e. The number of hydrogen-bond acceptors (Lipinski definition) is 4. The molecule has 0 spiro atoms. The van der Waals surface area contributed by atoms with Gasteiger partial charge in [-0.05, 0) is 0 Å². The zero-order chi connectivity index (χ0) is 11.2. The van der Waals surface area contributed by atoms with Gasteiger partial charge in [-0.2, -0.15) is 0 Å². The van der Waals surface area contributed by atoms with Crippen LogP contribution in [0.25, 0.3) is 0 Å². The van der Waals surface area contributed by atoms with Crippen LogP contribution in [0.1, 0.15) is 0 Å². The Labute approximate surface area is 93.8 Å². The van der Waals surface area contributed by atoms with Crippen LogP contribution in [0, 0.1) is 0 Å². The third-order valence-electron chi connectivity index (χ3n) is 2.49. The van der Waals surface area contributed by atoms with Crippen LogP contribution in [-0.4, -0.2) is 58.6 Å². The van der Waals surface area contributed by atoms with E-state index >= 15 is 0 Å². The average Bonchev–Trinajstić information content (AvgIpc) is 2.90. The Hall–Kier alpha value is -1.63. The lowest BCUT2D eigenvalue weighted by Gasteiger charge is -2.14. The highest BCUT2D eigenvalue weighted by atomic mass is 16.2. The molecule has 0 atom stereocenters. The van der Waals surface area contributed by atoms with Gasteiger partial charge in [0.15, 0.2) is 0 Å². The van der Waals surface area contributed by atoms with E-state index in [2.05, 4.69) is 20.9 Å². The molecule has 2 heterocycles. The Morgan fingerprint density at radius 2 is 2.31 bits per heavy atom. The van der Waals surface area contributed by atoms with E-state index in [0.717, 1.165) is 39.3 Å². The minimum Gasteiger partial charge on any atom is -0.336 e. The van der Waals surface area contributed by atoms with E-state index in [4.69, 9.17) is 0 Å². The van der Waals surface area contributed by atoms with Gasteiger partial charge in [0.2, 0.25) is 0 Å². The molecule has 1 saturated heterocycles. The SMILES string of the molecule is O=C1NCCN1CCNCCn1ccnn1. The van der Waals surface area contributed by atoms with Crippen molar-refractivity contribution < 1.29 is 4.79 Å². The van der Waals surface area contributed by atoms with Crippen molar-refractivity contribution in [3.63, 3.8) is 0 Å². The van der Waals surface area contributed by atoms with Crippen LogP contribution in [0.15, 0.2) is 12.4 Å². The number of urea groups is 1. The summed E-state index contributed by atoms with van der Waals surface area (Å²) in [6.45, 7) is 4.76. The lowest BCUT2D eigenvalue weighted by atomic mass is 10.5. The third-order valence-corrected chi connectivity index (χ3v) is 2.49. The summed E-state index contributed by atoms with van der Waals surface area (Å²) in [5.41, 5.74) is 0. The Kier molecular flexibility index (Phi) is 3.71. The van der Waals surface area contributed by atoms with Crippen LogP contribution in [-0.2, 0) is 6.54 Å². The monoisotopic (exact) mass is 224 g/mol. The van der Waals surface area contributed by atoms with Crippen molar-refractivity contribution >= 4 is 6.03 Å². The Morgan fingerprint density at radius 3 is 3.00 bits per heavy atom. The highest BCUT2D eigenvalue weighted by Gasteiger charge is 2.17. The van der Waals surface area contributed by atoms with Gasteiger partial charge >= 0.3 is 6.03 Å². The largest absolute Gasteiger partial charge is 0.336 e. The van der Waals surface area contributed by atoms with Crippen molar-refractivity contribution in [1.82, 2.24) is 30.5 Å². The van der Waals surface area contributed by atoms with Gasteiger partial charge in [0.05, 0.1) is 12.7 Å². The predicted octanol–water partition coefficient (Wildman–Crippen LogP) is -1.11. The summed E-state index contributed by atoms with van der Waals surface area (Å²) in [5.74, 6) is 0. The van der Waals surface area contributed by atoms with Crippen LogP contribution < -0.4 is 10.6 Å². The zero-order valence-corrected chi connectivity index (χ0v) is 9.09. The van der Waals surface area contributed by atoms with Crippen LogP contribution in [0.4, 0.5) is 4.79 Å². The second-order valence-electron chi connectivity index (χ2n) is 3.64. The van der Waals surface area contributed by atoms with Gasteiger partial charge in [-0.15, -0.1) is 5.10 Å². The van der Waals surface area contributed by atoms with Crippen molar-refractivity contribution in [2.24, 2.45) is 0 Å². The van der Waals surface area contributed by atoms with Crippen molar-refractivity contribution in [3.05, 3.63) is 12.4 Å². The number of nitrogens with one attached hydrogen (secondary N) is 2. The minimum atomic E-state index is 0.0399. The van der Waals surface area contributed by atoms with E-state index in [1.54, 1.807) is 10.9 Å². The van der Waals surface area contributed by atoms with Gasteiger partial charge in [-0.1, -0.05) is 5.21 Å².